The minimum Gasteiger partial charge on any atom is -0.481 e. The summed E-state index contributed by atoms with van der Waals surface area (Å²) < 4.78 is 4.38. The van der Waals surface area contributed by atoms with Gasteiger partial charge in [0.05, 0.1) is 12.5 Å². The van der Waals surface area contributed by atoms with Crippen molar-refractivity contribution in [2.45, 2.75) is 13.3 Å². The number of nitrogens with two attached hydrogens (primary N) is 1. The number of rotatable bonds is 7. The third-order valence-corrected chi connectivity index (χ3v) is 1.98. The molecule has 0 aliphatic carbocycles. The van der Waals surface area contributed by atoms with E-state index in [9.17, 15) is 14.4 Å². The van der Waals surface area contributed by atoms with Gasteiger partial charge in [0.1, 0.15) is 6.61 Å². The Bertz CT molecular complexity index is 282. The van der Waals surface area contributed by atoms with Crippen molar-refractivity contribution in [2.75, 3.05) is 19.7 Å². The fraction of sp³-hybridized carbons (Fsp3) is 0.667. The lowest BCUT2D eigenvalue weighted by Crippen LogP contribution is -2.41. The van der Waals surface area contributed by atoms with E-state index in [1.54, 1.807) is 6.92 Å². The summed E-state index contributed by atoms with van der Waals surface area (Å²) in [5.74, 6) is -1.56. The highest BCUT2D eigenvalue weighted by Gasteiger charge is 2.15. The third kappa shape index (κ3) is 7.88. The average molecular weight is 247 g/mol. The molecule has 1 unspecified atom stereocenters. The van der Waals surface area contributed by atoms with E-state index >= 15 is 0 Å². The number of primary amides is 1. The smallest absolute Gasteiger partial charge is 0.404 e. The Morgan fingerprint density at radius 2 is 2.00 bits per heavy atom. The Hall–Kier alpha value is -1.99. The Labute approximate surface area is 98.5 Å². The molecule has 5 N–H and O–H groups in total. The second kappa shape index (κ2) is 8.20. The summed E-state index contributed by atoms with van der Waals surface area (Å²) in [5.41, 5.74) is 4.70. The van der Waals surface area contributed by atoms with Crippen molar-refractivity contribution < 1.29 is 24.2 Å². The van der Waals surface area contributed by atoms with E-state index in [4.69, 9.17) is 10.8 Å². The monoisotopic (exact) mass is 247 g/mol. The maximum atomic E-state index is 11.1. The standard InChI is InChI=1S/C9H17N3O5/c1-2-6(7(13)14)5-12-9(16)11-3-4-17-8(10)15/h6H,2-5H2,1H3,(H2,10,15)(H,13,14)(H2,11,12,16). The fourth-order valence-electron chi connectivity index (χ4n) is 1.00. The molecule has 1 atom stereocenters. The molecule has 0 radical (unpaired) electrons. The van der Waals surface area contributed by atoms with Crippen LogP contribution in [0.2, 0.25) is 0 Å². The molecule has 17 heavy (non-hydrogen) atoms. The Balaban J connectivity index is 3.65. The number of amides is 3. The molecule has 0 heterocycles. The average Bonchev–Trinajstić information content (AvgIpc) is 2.24. The van der Waals surface area contributed by atoms with E-state index in [-0.39, 0.29) is 19.7 Å². The molecule has 0 aromatic heterocycles. The Kier molecular flexibility index (Phi) is 7.24. The van der Waals surface area contributed by atoms with Crippen LogP contribution in [0.15, 0.2) is 0 Å². The number of carboxylic acids is 1. The lowest BCUT2D eigenvalue weighted by Gasteiger charge is -2.11. The summed E-state index contributed by atoms with van der Waals surface area (Å²) in [6.07, 6.45) is -0.482. The Morgan fingerprint density at radius 1 is 1.35 bits per heavy atom. The number of carboxylic acid groups (broad SMARTS) is 1. The number of carbonyl (C=O) groups is 3. The zero-order valence-corrected chi connectivity index (χ0v) is 9.56. The van der Waals surface area contributed by atoms with Gasteiger partial charge in [-0.3, -0.25) is 4.79 Å². The number of carbonyl (C=O) groups excluding carboxylic acids is 2. The molecule has 0 aromatic carbocycles. The predicted octanol–water partition coefficient (Wildman–Crippen LogP) is -0.508. The van der Waals surface area contributed by atoms with Gasteiger partial charge < -0.3 is 26.2 Å². The minimum atomic E-state index is -0.954. The summed E-state index contributed by atoms with van der Waals surface area (Å²) in [6, 6.07) is -0.516. The van der Waals surface area contributed by atoms with E-state index in [2.05, 4.69) is 15.4 Å². The highest BCUT2D eigenvalue weighted by Crippen LogP contribution is 1.99. The van der Waals surface area contributed by atoms with Crippen molar-refractivity contribution in [3.05, 3.63) is 0 Å². The van der Waals surface area contributed by atoms with Gasteiger partial charge in [0.2, 0.25) is 0 Å². The van der Waals surface area contributed by atoms with Gasteiger partial charge in [-0.2, -0.15) is 0 Å². The maximum absolute atomic E-state index is 11.1. The summed E-state index contributed by atoms with van der Waals surface area (Å²) >= 11 is 0. The first-order chi connectivity index (χ1) is 7.97. The minimum absolute atomic E-state index is 0.0289. The Morgan fingerprint density at radius 3 is 2.47 bits per heavy atom. The number of ether oxygens (including phenoxy) is 1. The first-order valence-electron chi connectivity index (χ1n) is 5.14. The van der Waals surface area contributed by atoms with Gasteiger partial charge in [-0.1, -0.05) is 6.92 Å². The number of hydrogen-bond donors (Lipinski definition) is 4. The maximum Gasteiger partial charge on any atom is 0.404 e. The fourth-order valence-corrected chi connectivity index (χ4v) is 1.00. The van der Waals surface area contributed by atoms with Gasteiger partial charge in [-0.25, -0.2) is 9.59 Å². The van der Waals surface area contributed by atoms with Crippen LogP contribution in [-0.4, -0.2) is 42.9 Å². The van der Waals surface area contributed by atoms with E-state index < -0.39 is 24.0 Å². The van der Waals surface area contributed by atoms with Crippen LogP contribution in [0, 0.1) is 5.92 Å². The first-order valence-corrected chi connectivity index (χ1v) is 5.14. The molecular formula is C9H17N3O5. The normalized spacial score (nSPS) is 11.4. The zero-order chi connectivity index (χ0) is 13.3. The molecule has 0 saturated carbocycles. The lowest BCUT2D eigenvalue weighted by atomic mass is 10.1. The van der Waals surface area contributed by atoms with Gasteiger partial charge in [0.25, 0.3) is 0 Å². The van der Waals surface area contributed by atoms with Crippen LogP contribution in [0.3, 0.4) is 0 Å². The molecule has 0 fully saturated rings. The van der Waals surface area contributed by atoms with Crippen molar-refractivity contribution in [2.24, 2.45) is 11.7 Å². The largest absolute Gasteiger partial charge is 0.481 e. The van der Waals surface area contributed by atoms with Crippen molar-refractivity contribution in [3.8, 4) is 0 Å². The van der Waals surface area contributed by atoms with Gasteiger partial charge in [0, 0.05) is 6.54 Å². The summed E-state index contributed by atoms with van der Waals surface area (Å²) in [7, 11) is 0. The van der Waals surface area contributed by atoms with Crippen LogP contribution in [-0.2, 0) is 9.53 Å². The molecule has 0 bridgehead atoms. The molecule has 8 nitrogen and oxygen atoms in total. The number of aliphatic carboxylic acids is 1. The number of hydrogen-bond acceptors (Lipinski definition) is 4. The molecule has 0 aliphatic rings. The molecule has 0 saturated heterocycles. The van der Waals surface area contributed by atoms with Crippen molar-refractivity contribution in [1.82, 2.24) is 10.6 Å². The second-order valence-corrected chi connectivity index (χ2v) is 3.25. The number of nitrogens with one attached hydrogen (secondary N) is 2. The predicted molar refractivity (Wildman–Crippen MR) is 58.4 cm³/mol. The number of urea groups is 1. The highest BCUT2D eigenvalue weighted by atomic mass is 16.5. The second-order valence-electron chi connectivity index (χ2n) is 3.25. The van der Waals surface area contributed by atoms with Crippen LogP contribution < -0.4 is 16.4 Å². The molecule has 0 aliphatic heterocycles. The van der Waals surface area contributed by atoms with Gasteiger partial charge >= 0.3 is 18.1 Å². The molecule has 0 spiro atoms. The van der Waals surface area contributed by atoms with Crippen molar-refractivity contribution in [3.63, 3.8) is 0 Å². The van der Waals surface area contributed by atoms with Crippen molar-refractivity contribution >= 4 is 18.1 Å². The zero-order valence-electron chi connectivity index (χ0n) is 9.56. The van der Waals surface area contributed by atoms with Crippen LogP contribution in [0.25, 0.3) is 0 Å². The third-order valence-electron chi connectivity index (χ3n) is 1.98. The summed E-state index contributed by atoms with van der Waals surface area (Å²) in [6.45, 7) is 1.85. The van der Waals surface area contributed by atoms with Crippen LogP contribution in [0.4, 0.5) is 9.59 Å². The van der Waals surface area contributed by atoms with E-state index in [1.807, 2.05) is 0 Å². The molecule has 8 heteroatoms. The van der Waals surface area contributed by atoms with Gasteiger partial charge in [-0.15, -0.1) is 0 Å². The highest BCUT2D eigenvalue weighted by molar-refractivity contribution is 5.75. The topological polar surface area (TPSA) is 131 Å². The van der Waals surface area contributed by atoms with E-state index in [0.717, 1.165) is 0 Å². The van der Waals surface area contributed by atoms with Crippen LogP contribution in [0.5, 0.6) is 0 Å². The van der Waals surface area contributed by atoms with Crippen LogP contribution >= 0.6 is 0 Å². The lowest BCUT2D eigenvalue weighted by molar-refractivity contribution is -0.141. The SMILES string of the molecule is CCC(CNC(=O)NCCOC(N)=O)C(=O)O. The first kappa shape index (κ1) is 15.0. The van der Waals surface area contributed by atoms with Gasteiger partial charge in [-0.05, 0) is 6.42 Å². The van der Waals surface area contributed by atoms with E-state index in [0.29, 0.717) is 6.42 Å². The van der Waals surface area contributed by atoms with Crippen molar-refractivity contribution in [1.29, 1.82) is 0 Å². The van der Waals surface area contributed by atoms with Crippen LogP contribution in [0.1, 0.15) is 13.3 Å². The molecule has 98 valence electrons. The molecule has 0 aromatic rings. The van der Waals surface area contributed by atoms with E-state index in [1.165, 1.54) is 0 Å². The molecule has 3 amide bonds. The molecule has 0 rings (SSSR count). The summed E-state index contributed by atoms with van der Waals surface area (Å²) in [5, 5.41) is 13.5. The van der Waals surface area contributed by atoms with Gasteiger partial charge in [0.15, 0.2) is 0 Å². The molecular weight excluding hydrogens is 230 g/mol. The quantitative estimate of drug-likeness (QED) is 0.450. The summed E-state index contributed by atoms with van der Waals surface area (Å²) in [4.78, 5) is 32.0.